The van der Waals surface area contributed by atoms with Crippen LogP contribution in [0.2, 0.25) is 0 Å². The average molecular weight is 198 g/mol. The van der Waals surface area contributed by atoms with Gasteiger partial charge in [0.1, 0.15) is 0 Å². The summed E-state index contributed by atoms with van der Waals surface area (Å²) in [6.07, 6.45) is 7.86. The van der Waals surface area contributed by atoms with Crippen LogP contribution in [-0.4, -0.2) is 26.3 Å². The van der Waals surface area contributed by atoms with Gasteiger partial charge in [0.25, 0.3) is 6.48 Å². The lowest BCUT2D eigenvalue weighted by Crippen LogP contribution is -2.43. The molecule has 1 heterocycles. The van der Waals surface area contributed by atoms with Crippen LogP contribution in [-0.2, 0) is 14.2 Å². The minimum absolute atomic E-state index is 0.225. The van der Waals surface area contributed by atoms with Crippen LogP contribution in [0.15, 0.2) is 12.2 Å². The first-order valence-electron chi connectivity index (χ1n) is 5.34. The number of rotatable bonds is 2. The van der Waals surface area contributed by atoms with Crippen molar-refractivity contribution in [2.75, 3.05) is 19.8 Å². The fraction of sp³-hybridized carbons (Fsp3) is 0.818. The lowest BCUT2D eigenvalue weighted by Gasteiger charge is -2.40. The smallest absolute Gasteiger partial charge is 0.271 e. The molecule has 3 nitrogen and oxygen atoms in total. The lowest BCUT2D eigenvalue weighted by atomic mass is 9.78. The van der Waals surface area contributed by atoms with Gasteiger partial charge < -0.3 is 14.2 Å². The molecule has 0 N–H and O–H groups in total. The predicted octanol–water partition coefficient (Wildman–Crippen LogP) is 2.08. The van der Waals surface area contributed by atoms with Gasteiger partial charge in [-0.05, 0) is 26.2 Å². The van der Waals surface area contributed by atoms with Crippen molar-refractivity contribution in [3.63, 3.8) is 0 Å². The van der Waals surface area contributed by atoms with E-state index in [1.165, 1.54) is 6.42 Å². The summed E-state index contributed by atoms with van der Waals surface area (Å²) in [5.74, 6) is 0. The molecule has 3 heteroatoms. The molecule has 1 spiro atoms. The normalized spacial score (nSPS) is 37.6. The number of hydrogen-bond donors (Lipinski definition) is 0. The van der Waals surface area contributed by atoms with Crippen LogP contribution < -0.4 is 0 Å². The molecule has 0 aromatic rings. The maximum atomic E-state index is 5.53. The first-order valence-corrected chi connectivity index (χ1v) is 5.34. The molecule has 0 unspecified atom stereocenters. The Balaban J connectivity index is 1.85. The van der Waals surface area contributed by atoms with E-state index in [1.54, 1.807) is 0 Å². The molecule has 1 fully saturated rings. The Hall–Kier alpha value is -0.380. The second kappa shape index (κ2) is 4.43. The van der Waals surface area contributed by atoms with Gasteiger partial charge in [0.15, 0.2) is 0 Å². The maximum absolute atomic E-state index is 5.53. The van der Waals surface area contributed by atoms with Crippen LogP contribution in [0.4, 0.5) is 0 Å². The van der Waals surface area contributed by atoms with Crippen LogP contribution in [0, 0.1) is 5.41 Å². The van der Waals surface area contributed by atoms with E-state index in [0.717, 1.165) is 26.1 Å². The average Bonchev–Trinajstić information content (AvgIpc) is 2.24. The van der Waals surface area contributed by atoms with Crippen molar-refractivity contribution in [1.82, 2.24) is 0 Å². The molecular weight excluding hydrogens is 180 g/mol. The first-order chi connectivity index (χ1) is 6.85. The Morgan fingerprint density at radius 2 is 2.14 bits per heavy atom. The highest BCUT2D eigenvalue weighted by molar-refractivity contribution is 4.98. The van der Waals surface area contributed by atoms with Gasteiger partial charge in [0.2, 0.25) is 0 Å². The quantitative estimate of drug-likeness (QED) is 0.636. The van der Waals surface area contributed by atoms with Crippen LogP contribution in [0.5, 0.6) is 0 Å². The van der Waals surface area contributed by atoms with E-state index in [4.69, 9.17) is 14.2 Å². The molecule has 0 saturated carbocycles. The minimum atomic E-state index is -0.434. The number of ether oxygens (including phenoxy) is 3. The summed E-state index contributed by atoms with van der Waals surface area (Å²) in [7, 11) is 0. The van der Waals surface area contributed by atoms with Gasteiger partial charge in [-0.25, -0.2) is 0 Å². The Morgan fingerprint density at radius 3 is 2.71 bits per heavy atom. The molecule has 0 aromatic carbocycles. The zero-order valence-electron chi connectivity index (χ0n) is 8.70. The SMILES string of the molecule is CCOC1OCC2(CC=CCC2)CO1. The highest BCUT2D eigenvalue weighted by Gasteiger charge is 2.36. The summed E-state index contributed by atoms with van der Waals surface area (Å²) in [5, 5.41) is 0. The van der Waals surface area contributed by atoms with E-state index < -0.39 is 6.48 Å². The molecular formula is C11H18O3. The molecule has 1 aliphatic carbocycles. The van der Waals surface area contributed by atoms with Crippen molar-refractivity contribution in [3.8, 4) is 0 Å². The van der Waals surface area contributed by atoms with E-state index in [-0.39, 0.29) is 5.41 Å². The summed E-state index contributed by atoms with van der Waals surface area (Å²) < 4.78 is 16.3. The number of allylic oxidation sites excluding steroid dienone is 2. The van der Waals surface area contributed by atoms with Crippen molar-refractivity contribution in [1.29, 1.82) is 0 Å². The molecule has 0 aromatic heterocycles. The third-order valence-corrected chi connectivity index (χ3v) is 2.91. The molecule has 80 valence electrons. The van der Waals surface area contributed by atoms with Crippen molar-refractivity contribution in [3.05, 3.63) is 12.2 Å². The molecule has 0 radical (unpaired) electrons. The topological polar surface area (TPSA) is 27.7 Å². The van der Waals surface area contributed by atoms with Crippen molar-refractivity contribution in [2.24, 2.45) is 5.41 Å². The lowest BCUT2D eigenvalue weighted by molar-refractivity contribution is -0.337. The highest BCUT2D eigenvalue weighted by atomic mass is 16.8. The molecule has 1 saturated heterocycles. The second-order valence-electron chi connectivity index (χ2n) is 4.08. The van der Waals surface area contributed by atoms with Gasteiger partial charge in [-0.15, -0.1) is 0 Å². The maximum Gasteiger partial charge on any atom is 0.271 e. The second-order valence-corrected chi connectivity index (χ2v) is 4.08. The van der Waals surface area contributed by atoms with E-state index in [9.17, 15) is 0 Å². The molecule has 0 amide bonds. The third-order valence-electron chi connectivity index (χ3n) is 2.91. The standard InChI is InChI=1S/C11H18O3/c1-2-12-10-13-8-11(9-14-10)6-4-3-5-7-11/h3-4,10H,2,5-9H2,1H3. The van der Waals surface area contributed by atoms with Gasteiger partial charge in [-0.2, -0.15) is 0 Å². The largest absolute Gasteiger partial charge is 0.330 e. The summed E-state index contributed by atoms with van der Waals surface area (Å²) >= 11 is 0. The van der Waals surface area contributed by atoms with E-state index >= 15 is 0 Å². The molecule has 2 aliphatic rings. The van der Waals surface area contributed by atoms with E-state index in [1.807, 2.05) is 6.92 Å². The zero-order valence-corrected chi connectivity index (χ0v) is 8.70. The zero-order chi connectivity index (χ0) is 9.86. The van der Waals surface area contributed by atoms with E-state index in [0.29, 0.717) is 6.61 Å². The summed E-state index contributed by atoms with van der Waals surface area (Å²) in [6, 6.07) is 0. The van der Waals surface area contributed by atoms with Crippen LogP contribution in [0.25, 0.3) is 0 Å². The van der Waals surface area contributed by atoms with Crippen LogP contribution in [0.3, 0.4) is 0 Å². The third kappa shape index (κ3) is 2.16. The number of hydrogen-bond acceptors (Lipinski definition) is 3. The first kappa shape index (κ1) is 10.1. The summed E-state index contributed by atoms with van der Waals surface area (Å²) in [6.45, 7) is 3.68. The fourth-order valence-electron chi connectivity index (χ4n) is 2.02. The van der Waals surface area contributed by atoms with Gasteiger partial charge in [-0.3, -0.25) is 0 Å². The summed E-state index contributed by atoms with van der Waals surface area (Å²) in [4.78, 5) is 0. The van der Waals surface area contributed by atoms with Gasteiger partial charge in [0, 0.05) is 12.0 Å². The Morgan fingerprint density at radius 1 is 1.36 bits per heavy atom. The predicted molar refractivity (Wildman–Crippen MR) is 52.7 cm³/mol. The van der Waals surface area contributed by atoms with Gasteiger partial charge in [0.05, 0.1) is 13.2 Å². The highest BCUT2D eigenvalue weighted by Crippen LogP contribution is 2.36. The molecule has 0 bridgehead atoms. The van der Waals surface area contributed by atoms with Crippen molar-refractivity contribution >= 4 is 0 Å². The summed E-state index contributed by atoms with van der Waals surface area (Å²) in [5.41, 5.74) is 0.225. The Labute approximate surface area is 85.0 Å². The van der Waals surface area contributed by atoms with Gasteiger partial charge in [-0.1, -0.05) is 12.2 Å². The van der Waals surface area contributed by atoms with Crippen molar-refractivity contribution in [2.45, 2.75) is 32.7 Å². The van der Waals surface area contributed by atoms with Crippen molar-refractivity contribution < 1.29 is 14.2 Å². The minimum Gasteiger partial charge on any atom is -0.330 e. The van der Waals surface area contributed by atoms with Crippen LogP contribution in [0.1, 0.15) is 26.2 Å². The fourth-order valence-corrected chi connectivity index (χ4v) is 2.02. The van der Waals surface area contributed by atoms with E-state index in [2.05, 4.69) is 12.2 Å². The molecule has 2 rings (SSSR count). The molecule has 0 atom stereocenters. The molecule has 1 aliphatic heterocycles. The Kier molecular flexibility index (Phi) is 3.21. The Bertz CT molecular complexity index is 205. The monoisotopic (exact) mass is 198 g/mol. The van der Waals surface area contributed by atoms with Crippen LogP contribution >= 0.6 is 0 Å². The van der Waals surface area contributed by atoms with Gasteiger partial charge >= 0.3 is 0 Å². The molecule has 14 heavy (non-hydrogen) atoms.